The molecule has 0 aromatic heterocycles. The average molecular weight is 948 g/mol. The summed E-state index contributed by atoms with van der Waals surface area (Å²) in [6.45, 7) is 4.05. The van der Waals surface area contributed by atoms with Gasteiger partial charge in [-0.15, -0.1) is 0 Å². The lowest BCUT2D eigenvalue weighted by Gasteiger charge is -2.15. The lowest BCUT2D eigenvalue weighted by molar-refractivity contribution is -0.161. The number of carbonyl (C=O) groups is 2. The maximum Gasteiger partial charge on any atom is 0.306 e. The molecule has 0 fully saturated rings. The fourth-order valence-electron chi connectivity index (χ4n) is 8.36. The Hall–Kier alpha value is -2.92. The molecule has 0 amide bonds. The van der Waals surface area contributed by atoms with E-state index in [0.717, 1.165) is 89.9 Å². The summed E-state index contributed by atoms with van der Waals surface area (Å²) in [6.07, 6.45) is 81.3. The van der Waals surface area contributed by atoms with Crippen LogP contribution in [0.15, 0.2) is 85.1 Å². The van der Waals surface area contributed by atoms with Crippen molar-refractivity contribution in [2.75, 3.05) is 13.2 Å². The van der Waals surface area contributed by atoms with E-state index in [4.69, 9.17) is 9.47 Å². The van der Waals surface area contributed by atoms with Crippen molar-refractivity contribution in [2.24, 2.45) is 0 Å². The molecule has 0 aromatic rings. The summed E-state index contributed by atoms with van der Waals surface area (Å²) in [6, 6.07) is 0. The van der Waals surface area contributed by atoms with E-state index in [0.29, 0.717) is 12.8 Å². The van der Waals surface area contributed by atoms with E-state index in [1.807, 2.05) is 0 Å². The summed E-state index contributed by atoms with van der Waals surface area (Å²) in [7, 11) is 0. The molecule has 1 unspecified atom stereocenters. The first kappa shape index (κ1) is 65.1. The Kier molecular flexibility index (Phi) is 55.9. The Labute approximate surface area is 422 Å². The van der Waals surface area contributed by atoms with Crippen LogP contribution in [-0.4, -0.2) is 36.4 Å². The predicted octanol–water partition coefficient (Wildman–Crippen LogP) is 19.8. The van der Waals surface area contributed by atoms with Crippen molar-refractivity contribution in [3.8, 4) is 0 Å². The van der Waals surface area contributed by atoms with Crippen LogP contribution in [0.5, 0.6) is 0 Å². The lowest BCUT2D eigenvalue weighted by Crippen LogP contribution is -2.28. The minimum absolute atomic E-state index is 0.0684. The van der Waals surface area contributed by atoms with Gasteiger partial charge in [0.2, 0.25) is 0 Å². The van der Waals surface area contributed by atoms with Crippen LogP contribution in [0.4, 0.5) is 0 Å². The molecule has 0 saturated heterocycles. The molecular weight excluding hydrogens is 837 g/mol. The van der Waals surface area contributed by atoms with Gasteiger partial charge in [-0.2, -0.15) is 0 Å². The van der Waals surface area contributed by atoms with E-state index in [1.54, 1.807) is 0 Å². The maximum absolute atomic E-state index is 12.3. The third-order valence-corrected chi connectivity index (χ3v) is 12.7. The fraction of sp³-hybridized carbons (Fsp3) is 0.746. The van der Waals surface area contributed by atoms with Crippen LogP contribution >= 0.6 is 0 Å². The summed E-state index contributed by atoms with van der Waals surface area (Å²) in [5.41, 5.74) is 0. The van der Waals surface area contributed by atoms with Gasteiger partial charge in [-0.1, -0.05) is 285 Å². The summed E-state index contributed by atoms with van der Waals surface area (Å²) >= 11 is 0. The first-order chi connectivity index (χ1) is 33.6. The van der Waals surface area contributed by atoms with Crippen LogP contribution in [0.2, 0.25) is 0 Å². The van der Waals surface area contributed by atoms with Crippen LogP contribution in [0.3, 0.4) is 0 Å². The Morgan fingerprint density at radius 2 is 0.632 bits per heavy atom. The highest BCUT2D eigenvalue weighted by molar-refractivity contribution is 5.70. The highest BCUT2D eigenvalue weighted by Crippen LogP contribution is 2.17. The molecule has 0 radical (unpaired) electrons. The van der Waals surface area contributed by atoms with Gasteiger partial charge in [-0.05, 0) is 70.6 Å². The molecule has 0 aromatic carbocycles. The molecule has 0 bridgehead atoms. The lowest BCUT2D eigenvalue weighted by atomic mass is 10.0. The van der Waals surface area contributed by atoms with Gasteiger partial charge in [0, 0.05) is 12.8 Å². The van der Waals surface area contributed by atoms with Crippen molar-refractivity contribution in [2.45, 2.75) is 290 Å². The number of allylic oxidation sites excluding steroid dienone is 14. The Morgan fingerprint density at radius 1 is 0.353 bits per heavy atom. The van der Waals surface area contributed by atoms with E-state index in [1.165, 1.54) is 167 Å². The number of hydrogen-bond donors (Lipinski definition) is 1. The number of hydrogen-bond acceptors (Lipinski definition) is 5. The van der Waals surface area contributed by atoms with Gasteiger partial charge < -0.3 is 14.6 Å². The standard InChI is InChI=1S/C63H110O5/c1-3-5-7-9-11-13-15-17-19-21-23-25-27-28-29-30-31-32-33-34-36-38-40-42-44-46-48-50-52-54-56-58-63(66)68-61(59-64)60-67-62(65)57-55-53-51-49-47-45-43-41-39-37-35-26-24-22-20-18-16-14-12-10-8-6-4-2/h5,7,11,13,17,19,23,25,28-29,31-32,34,36,61,64H,3-4,6,8-10,12,14-16,18,20-22,24,26-27,30,33,35,37-60H2,1-2H3/b7-5-,13-11-,19-17-,25-23-,29-28-,32-31-,36-34-. The second-order valence-corrected chi connectivity index (χ2v) is 19.3. The Bertz CT molecular complexity index is 1250. The number of rotatable bonds is 53. The van der Waals surface area contributed by atoms with Gasteiger partial charge >= 0.3 is 11.9 Å². The molecule has 0 spiro atoms. The van der Waals surface area contributed by atoms with Crippen LogP contribution in [0, 0.1) is 0 Å². The first-order valence-electron chi connectivity index (χ1n) is 29.1. The van der Waals surface area contributed by atoms with Crippen molar-refractivity contribution in [3.05, 3.63) is 85.1 Å². The average Bonchev–Trinajstić information content (AvgIpc) is 3.34. The molecule has 0 saturated carbocycles. The fourth-order valence-corrected chi connectivity index (χ4v) is 8.36. The van der Waals surface area contributed by atoms with Crippen molar-refractivity contribution in [3.63, 3.8) is 0 Å². The van der Waals surface area contributed by atoms with Crippen molar-refractivity contribution >= 4 is 11.9 Å². The number of ether oxygens (including phenoxy) is 2. The van der Waals surface area contributed by atoms with Crippen molar-refractivity contribution in [1.82, 2.24) is 0 Å². The minimum Gasteiger partial charge on any atom is -0.462 e. The zero-order valence-electron chi connectivity index (χ0n) is 44.9. The molecule has 5 nitrogen and oxygen atoms in total. The third kappa shape index (κ3) is 55.7. The molecule has 0 aliphatic rings. The van der Waals surface area contributed by atoms with Gasteiger partial charge in [-0.3, -0.25) is 9.59 Å². The zero-order valence-corrected chi connectivity index (χ0v) is 44.9. The van der Waals surface area contributed by atoms with Gasteiger partial charge in [0.25, 0.3) is 0 Å². The van der Waals surface area contributed by atoms with Crippen LogP contribution < -0.4 is 0 Å². The number of aliphatic hydroxyl groups is 1. The minimum atomic E-state index is -0.779. The topological polar surface area (TPSA) is 72.8 Å². The van der Waals surface area contributed by atoms with E-state index >= 15 is 0 Å². The number of aliphatic hydroxyl groups excluding tert-OH is 1. The normalized spacial score (nSPS) is 12.8. The summed E-state index contributed by atoms with van der Waals surface area (Å²) in [5.74, 6) is -0.589. The van der Waals surface area contributed by atoms with Gasteiger partial charge in [0.05, 0.1) is 6.61 Å². The summed E-state index contributed by atoms with van der Waals surface area (Å²) < 4.78 is 10.7. The largest absolute Gasteiger partial charge is 0.462 e. The highest BCUT2D eigenvalue weighted by Gasteiger charge is 2.16. The number of unbranched alkanes of at least 4 members (excludes halogenated alkanes) is 31. The van der Waals surface area contributed by atoms with E-state index in [9.17, 15) is 14.7 Å². The van der Waals surface area contributed by atoms with E-state index in [2.05, 4.69) is 98.9 Å². The van der Waals surface area contributed by atoms with E-state index < -0.39 is 6.10 Å². The van der Waals surface area contributed by atoms with Crippen molar-refractivity contribution < 1.29 is 24.2 Å². The molecule has 1 N–H and O–H groups in total. The van der Waals surface area contributed by atoms with Crippen LogP contribution in [0.1, 0.15) is 284 Å². The second kappa shape index (κ2) is 58.4. The van der Waals surface area contributed by atoms with Crippen LogP contribution in [-0.2, 0) is 19.1 Å². The Balaban J connectivity index is 3.52. The number of carbonyl (C=O) groups excluding carboxylic acids is 2. The molecule has 0 aliphatic heterocycles. The number of esters is 2. The second-order valence-electron chi connectivity index (χ2n) is 19.3. The zero-order chi connectivity index (χ0) is 49.2. The van der Waals surface area contributed by atoms with Gasteiger partial charge in [0.1, 0.15) is 6.61 Å². The van der Waals surface area contributed by atoms with Gasteiger partial charge in [-0.25, -0.2) is 0 Å². The molecule has 0 heterocycles. The smallest absolute Gasteiger partial charge is 0.306 e. The maximum atomic E-state index is 12.3. The Morgan fingerprint density at radius 3 is 0.956 bits per heavy atom. The quantitative estimate of drug-likeness (QED) is 0.0374. The molecule has 68 heavy (non-hydrogen) atoms. The van der Waals surface area contributed by atoms with Gasteiger partial charge in [0.15, 0.2) is 6.10 Å². The molecule has 0 aliphatic carbocycles. The van der Waals surface area contributed by atoms with E-state index in [-0.39, 0.29) is 25.2 Å². The molecule has 1 atom stereocenters. The first-order valence-corrected chi connectivity index (χ1v) is 29.1. The predicted molar refractivity (Wildman–Crippen MR) is 297 cm³/mol. The third-order valence-electron chi connectivity index (χ3n) is 12.7. The molecular formula is C63H110O5. The highest BCUT2D eigenvalue weighted by atomic mass is 16.6. The summed E-state index contributed by atoms with van der Waals surface area (Å²) in [5, 5.41) is 9.66. The summed E-state index contributed by atoms with van der Waals surface area (Å²) in [4.78, 5) is 24.5. The SMILES string of the molecule is CC/C=C\C/C=C\C/C=C\C/C=C\C/C=C\C/C=C\C/C=C\CCCCCCCCCCCC(=O)OC(CO)COC(=O)CCCCCCCCCCCCCCCCCCCCCCCCC. The van der Waals surface area contributed by atoms with Crippen LogP contribution in [0.25, 0.3) is 0 Å². The van der Waals surface area contributed by atoms with Crippen molar-refractivity contribution in [1.29, 1.82) is 0 Å². The molecule has 392 valence electrons. The monoisotopic (exact) mass is 947 g/mol. The molecule has 5 heteroatoms. The molecule has 0 rings (SSSR count).